The third-order valence-corrected chi connectivity index (χ3v) is 7.04. The molecule has 160 valence electrons. The Morgan fingerprint density at radius 2 is 1.50 bits per heavy atom. The van der Waals surface area contributed by atoms with Crippen molar-refractivity contribution in [2.75, 3.05) is 26.4 Å². The second-order valence-electron chi connectivity index (χ2n) is 8.98. The quantitative estimate of drug-likeness (QED) is 0.676. The fourth-order valence-corrected chi connectivity index (χ4v) is 4.69. The lowest BCUT2D eigenvalue weighted by molar-refractivity contribution is -0.115. The zero-order chi connectivity index (χ0) is 21.5. The van der Waals surface area contributed by atoms with Gasteiger partial charge in [-0.15, -0.1) is 0 Å². The first-order valence-corrected chi connectivity index (χ1v) is 10.5. The maximum Gasteiger partial charge on any atom is 0.336 e. The van der Waals surface area contributed by atoms with Gasteiger partial charge in [-0.2, -0.15) is 0 Å². The van der Waals surface area contributed by atoms with E-state index < -0.39 is 11.9 Å². The molecular formula is C24H28O6. The molecule has 2 saturated heterocycles. The average Bonchev–Trinajstić information content (AvgIpc) is 2.66. The first kappa shape index (κ1) is 20.8. The van der Waals surface area contributed by atoms with Crippen molar-refractivity contribution in [1.82, 2.24) is 0 Å². The number of hydrogen-bond donors (Lipinski definition) is 2. The van der Waals surface area contributed by atoms with E-state index in [0.717, 1.165) is 34.7 Å². The second kappa shape index (κ2) is 7.67. The van der Waals surface area contributed by atoms with Gasteiger partial charge in [-0.1, -0.05) is 26.0 Å². The fraction of sp³-hybridized carbons (Fsp3) is 0.500. The molecule has 0 radical (unpaired) electrons. The molecule has 2 heterocycles. The Kier molecular flexibility index (Phi) is 5.32. The molecule has 6 heteroatoms. The Morgan fingerprint density at radius 1 is 0.900 bits per heavy atom. The highest BCUT2D eigenvalue weighted by atomic mass is 16.5. The number of carboxylic acid groups (broad SMARTS) is 2. The van der Waals surface area contributed by atoms with Crippen LogP contribution in [-0.2, 0) is 22.3 Å². The SMILES string of the molecule is CCC1(Cc2cc3cc(C(=O)O)ccc3c(CC3(CC)COC3)c2C(=O)O)COC1. The van der Waals surface area contributed by atoms with Gasteiger partial charge in [0.15, 0.2) is 0 Å². The topological polar surface area (TPSA) is 93.1 Å². The van der Waals surface area contributed by atoms with Crippen LogP contribution in [0.3, 0.4) is 0 Å². The summed E-state index contributed by atoms with van der Waals surface area (Å²) >= 11 is 0. The van der Waals surface area contributed by atoms with Gasteiger partial charge >= 0.3 is 11.9 Å². The number of carbonyl (C=O) groups is 2. The monoisotopic (exact) mass is 412 g/mol. The minimum atomic E-state index is -0.989. The molecule has 0 bridgehead atoms. The number of ether oxygens (including phenoxy) is 2. The van der Waals surface area contributed by atoms with Crippen LogP contribution in [0.1, 0.15) is 58.5 Å². The Bertz CT molecular complexity index is 989. The number of benzene rings is 2. The molecule has 2 aromatic rings. The maximum absolute atomic E-state index is 12.5. The van der Waals surface area contributed by atoms with Gasteiger partial charge in [0.05, 0.1) is 37.6 Å². The van der Waals surface area contributed by atoms with Crippen LogP contribution in [0.25, 0.3) is 10.8 Å². The van der Waals surface area contributed by atoms with Crippen LogP contribution in [0.15, 0.2) is 24.3 Å². The van der Waals surface area contributed by atoms with E-state index in [1.165, 1.54) is 0 Å². The Balaban J connectivity index is 1.92. The van der Waals surface area contributed by atoms with E-state index in [0.29, 0.717) is 44.8 Å². The predicted octanol–water partition coefficient (Wildman–Crippen LogP) is 4.17. The summed E-state index contributed by atoms with van der Waals surface area (Å²) in [5.41, 5.74) is 2.01. The standard InChI is InChI=1S/C24H28O6/c1-3-23(11-29-12-23)9-17-8-16-7-15(21(25)26)5-6-18(16)19(20(17)22(27)28)10-24(4-2)13-30-14-24/h5-8H,3-4,9-14H2,1-2H3,(H,25,26)(H,27,28). The van der Waals surface area contributed by atoms with Gasteiger partial charge in [0.1, 0.15) is 0 Å². The molecule has 6 nitrogen and oxygen atoms in total. The average molecular weight is 412 g/mol. The van der Waals surface area contributed by atoms with E-state index in [2.05, 4.69) is 13.8 Å². The van der Waals surface area contributed by atoms with E-state index in [-0.39, 0.29) is 16.4 Å². The van der Waals surface area contributed by atoms with Crippen molar-refractivity contribution in [1.29, 1.82) is 0 Å². The lowest BCUT2D eigenvalue weighted by Gasteiger charge is -2.43. The molecule has 2 fully saturated rings. The van der Waals surface area contributed by atoms with Crippen LogP contribution in [0.5, 0.6) is 0 Å². The van der Waals surface area contributed by atoms with Gasteiger partial charge in [-0.05, 0) is 59.7 Å². The highest BCUT2D eigenvalue weighted by molar-refractivity contribution is 6.02. The summed E-state index contributed by atoms with van der Waals surface area (Å²) in [7, 11) is 0. The summed E-state index contributed by atoms with van der Waals surface area (Å²) in [6, 6.07) is 6.85. The summed E-state index contributed by atoms with van der Waals surface area (Å²) in [6.45, 7) is 6.69. The van der Waals surface area contributed by atoms with Crippen LogP contribution in [0.4, 0.5) is 0 Å². The van der Waals surface area contributed by atoms with Crippen molar-refractivity contribution >= 4 is 22.7 Å². The van der Waals surface area contributed by atoms with Crippen molar-refractivity contribution in [3.8, 4) is 0 Å². The maximum atomic E-state index is 12.5. The lowest BCUT2D eigenvalue weighted by Crippen LogP contribution is -2.45. The molecule has 0 aromatic heterocycles. The van der Waals surface area contributed by atoms with Crippen LogP contribution in [-0.4, -0.2) is 48.6 Å². The molecule has 0 spiro atoms. The molecule has 2 N–H and O–H groups in total. The van der Waals surface area contributed by atoms with Gasteiger partial charge in [-0.25, -0.2) is 9.59 Å². The number of aromatic carboxylic acids is 2. The molecule has 2 aliphatic heterocycles. The minimum absolute atomic E-state index is 0.0540. The highest BCUT2D eigenvalue weighted by Gasteiger charge is 2.41. The first-order chi connectivity index (χ1) is 14.3. The van der Waals surface area contributed by atoms with Crippen molar-refractivity contribution in [2.45, 2.75) is 39.5 Å². The van der Waals surface area contributed by atoms with Gasteiger partial charge < -0.3 is 19.7 Å². The van der Waals surface area contributed by atoms with Crippen molar-refractivity contribution in [2.24, 2.45) is 10.8 Å². The van der Waals surface area contributed by atoms with Gasteiger partial charge in [-0.3, -0.25) is 0 Å². The second-order valence-corrected chi connectivity index (χ2v) is 8.98. The smallest absolute Gasteiger partial charge is 0.336 e. The largest absolute Gasteiger partial charge is 0.478 e. The molecule has 0 aliphatic carbocycles. The van der Waals surface area contributed by atoms with Crippen molar-refractivity contribution in [3.05, 3.63) is 46.5 Å². The van der Waals surface area contributed by atoms with Gasteiger partial charge in [0, 0.05) is 10.8 Å². The number of carboxylic acids is 2. The highest BCUT2D eigenvalue weighted by Crippen LogP contribution is 2.42. The normalized spacial score (nSPS) is 19.1. The van der Waals surface area contributed by atoms with Gasteiger partial charge in [0.25, 0.3) is 0 Å². The number of hydrogen-bond acceptors (Lipinski definition) is 4. The van der Waals surface area contributed by atoms with Crippen LogP contribution in [0.2, 0.25) is 0 Å². The third kappa shape index (κ3) is 3.48. The number of fused-ring (bicyclic) bond motifs is 1. The summed E-state index contributed by atoms with van der Waals surface area (Å²) < 4.78 is 10.9. The zero-order valence-corrected chi connectivity index (χ0v) is 17.5. The lowest BCUT2D eigenvalue weighted by atomic mass is 9.72. The molecule has 0 unspecified atom stereocenters. The van der Waals surface area contributed by atoms with Gasteiger partial charge in [0.2, 0.25) is 0 Å². The van der Waals surface area contributed by atoms with Crippen molar-refractivity contribution < 1.29 is 29.3 Å². The molecule has 30 heavy (non-hydrogen) atoms. The fourth-order valence-electron chi connectivity index (χ4n) is 4.69. The molecule has 2 aliphatic rings. The van der Waals surface area contributed by atoms with Crippen molar-refractivity contribution in [3.63, 3.8) is 0 Å². The molecule has 0 atom stereocenters. The zero-order valence-electron chi connectivity index (χ0n) is 17.5. The molecule has 0 amide bonds. The number of rotatable bonds is 8. The van der Waals surface area contributed by atoms with Crippen LogP contribution >= 0.6 is 0 Å². The van der Waals surface area contributed by atoms with Crippen LogP contribution in [0, 0.1) is 10.8 Å². The van der Waals surface area contributed by atoms with E-state index >= 15 is 0 Å². The Morgan fingerprint density at radius 3 is 1.97 bits per heavy atom. The summed E-state index contributed by atoms with van der Waals surface area (Å²) in [6.07, 6.45) is 3.03. The molecule has 0 saturated carbocycles. The summed E-state index contributed by atoms with van der Waals surface area (Å²) in [5, 5.41) is 21.3. The first-order valence-electron chi connectivity index (χ1n) is 10.5. The molecule has 4 rings (SSSR count). The van der Waals surface area contributed by atoms with Crippen LogP contribution < -0.4 is 0 Å². The summed E-state index contributed by atoms with van der Waals surface area (Å²) in [4.78, 5) is 24.0. The molecular weight excluding hydrogens is 384 g/mol. The predicted molar refractivity (Wildman–Crippen MR) is 112 cm³/mol. The third-order valence-electron chi connectivity index (χ3n) is 7.04. The van der Waals surface area contributed by atoms with E-state index in [1.54, 1.807) is 18.2 Å². The summed E-state index contributed by atoms with van der Waals surface area (Å²) in [5.74, 6) is -1.92. The minimum Gasteiger partial charge on any atom is -0.478 e. The van der Waals surface area contributed by atoms with E-state index in [4.69, 9.17) is 9.47 Å². The Hall–Kier alpha value is -2.44. The van der Waals surface area contributed by atoms with E-state index in [9.17, 15) is 19.8 Å². The Labute approximate surface area is 175 Å². The van der Waals surface area contributed by atoms with E-state index in [1.807, 2.05) is 6.07 Å². The molecule has 2 aromatic carbocycles.